The normalized spacial score (nSPS) is 11.3. The lowest BCUT2D eigenvalue weighted by molar-refractivity contribution is 0.283. The van der Waals surface area contributed by atoms with E-state index in [9.17, 15) is 0 Å². The molecule has 1 heterocycles. The van der Waals surface area contributed by atoms with Gasteiger partial charge >= 0.3 is 0 Å². The molecule has 0 radical (unpaired) electrons. The Hall–Kier alpha value is -1.16. The summed E-state index contributed by atoms with van der Waals surface area (Å²) in [5, 5.41) is 11.6. The zero-order chi connectivity index (χ0) is 14.1. The summed E-state index contributed by atoms with van der Waals surface area (Å²) in [5.41, 5.74) is 0.954. The zero-order valence-corrected chi connectivity index (χ0v) is 12.6. The Balaban J connectivity index is 2.23. The minimum absolute atomic E-state index is 0.622. The third kappa shape index (κ3) is 7.78. The number of rotatable bonds is 9. The van der Waals surface area contributed by atoms with Crippen molar-refractivity contribution in [2.24, 2.45) is 11.8 Å². The Morgan fingerprint density at radius 2 is 1.89 bits per heavy atom. The highest BCUT2D eigenvalue weighted by atomic mass is 16.5. The predicted octanol–water partition coefficient (Wildman–Crippen LogP) is 3.04. The van der Waals surface area contributed by atoms with Crippen molar-refractivity contribution in [3.05, 3.63) is 17.8 Å². The highest BCUT2D eigenvalue weighted by molar-refractivity contribution is 5.11. The number of hydrogen-bond acceptors (Lipinski definition) is 4. The molecule has 0 unspecified atom stereocenters. The van der Waals surface area contributed by atoms with E-state index in [4.69, 9.17) is 4.74 Å². The van der Waals surface area contributed by atoms with Gasteiger partial charge in [0.25, 0.3) is 0 Å². The van der Waals surface area contributed by atoms with Crippen LogP contribution < -0.4 is 10.1 Å². The van der Waals surface area contributed by atoms with Gasteiger partial charge in [0.05, 0.1) is 12.3 Å². The molecular weight excluding hydrogens is 238 g/mol. The maximum Gasteiger partial charge on any atom is 0.233 e. The average molecular weight is 265 g/mol. The summed E-state index contributed by atoms with van der Waals surface area (Å²) in [7, 11) is 0. The van der Waals surface area contributed by atoms with Crippen molar-refractivity contribution < 1.29 is 4.74 Å². The van der Waals surface area contributed by atoms with Crippen LogP contribution in [0.15, 0.2) is 12.1 Å². The van der Waals surface area contributed by atoms with Gasteiger partial charge in [0.2, 0.25) is 5.88 Å². The van der Waals surface area contributed by atoms with E-state index in [1.54, 1.807) is 0 Å². The number of aromatic nitrogens is 2. The molecule has 0 bridgehead atoms. The average Bonchev–Trinajstić information content (AvgIpc) is 2.36. The Labute approximate surface area is 117 Å². The molecule has 0 aliphatic heterocycles. The van der Waals surface area contributed by atoms with Gasteiger partial charge in [0.1, 0.15) is 0 Å². The quantitative estimate of drug-likeness (QED) is 0.697. The van der Waals surface area contributed by atoms with Crippen molar-refractivity contribution in [1.82, 2.24) is 15.5 Å². The topological polar surface area (TPSA) is 47.0 Å². The summed E-state index contributed by atoms with van der Waals surface area (Å²) in [6, 6.07) is 3.87. The second-order valence-corrected chi connectivity index (χ2v) is 5.77. The highest BCUT2D eigenvalue weighted by Gasteiger charge is 2.00. The summed E-state index contributed by atoms with van der Waals surface area (Å²) >= 11 is 0. The number of hydrogen-bond donors (Lipinski definition) is 1. The first-order valence-corrected chi connectivity index (χ1v) is 7.24. The van der Waals surface area contributed by atoms with Gasteiger partial charge < -0.3 is 10.1 Å². The molecular formula is C15H27N3O. The van der Waals surface area contributed by atoms with Crippen LogP contribution in [-0.2, 0) is 6.54 Å². The van der Waals surface area contributed by atoms with Gasteiger partial charge in [-0.05, 0) is 37.3 Å². The summed E-state index contributed by atoms with van der Waals surface area (Å²) in [4.78, 5) is 0. The SMILES string of the molecule is CC(C)CCCOc1ccc(CNCC(C)C)nn1. The fourth-order valence-corrected chi connectivity index (χ4v) is 1.68. The summed E-state index contributed by atoms with van der Waals surface area (Å²) < 4.78 is 5.56. The molecule has 1 aromatic rings. The monoisotopic (exact) mass is 265 g/mol. The molecule has 0 aliphatic rings. The summed E-state index contributed by atoms with van der Waals surface area (Å²) in [5.74, 6) is 2.00. The third-order valence-electron chi connectivity index (χ3n) is 2.73. The maximum absolute atomic E-state index is 5.56. The van der Waals surface area contributed by atoms with Gasteiger partial charge in [-0.25, -0.2) is 0 Å². The van der Waals surface area contributed by atoms with Crippen molar-refractivity contribution in [2.45, 2.75) is 47.1 Å². The summed E-state index contributed by atoms with van der Waals surface area (Å²) in [6.07, 6.45) is 2.25. The Morgan fingerprint density at radius 1 is 1.11 bits per heavy atom. The lowest BCUT2D eigenvalue weighted by atomic mass is 10.1. The minimum atomic E-state index is 0.622. The molecule has 1 N–H and O–H groups in total. The molecule has 4 heteroatoms. The second-order valence-electron chi connectivity index (χ2n) is 5.77. The lowest BCUT2D eigenvalue weighted by Gasteiger charge is -2.08. The minimum Gasteiger partial charge on any atom is -0.477 e. The fraction of sp³-hybridized carbons (Fsp3) is 0.733. The van der Waals surface area contributed by atoms with E-state index in [0.29, 0.717) is 11.8 Å². The third-order valence-corrected chi connectivity index (χ3v) is 2.73. The zero-order valence-electron chi connectivity index (χ0n) is 12.6. The van der Waals surface area contributed by atoms with Crippen molar-refractivity contribution in [2.75, 3.05) is 13.2 Å². The van der Waals surface area contributed by atoms with Gasteiger partial charge in [-0.1, -0.05) is 27.7 Å². The van der Waals surface area contributed by atoms with Gasteiger partial charge in [0.15, 0.2) is 0 Å². The van der Waals surface area contributed by atoms with E-state index in [2.05, 4.69) is 43.2 Å². The van der Waals surface area contributed by atoms with Gasteiger partial charge in [-0.3, -0.25) is 0 Å². The van der Waals surface area contributed by atoms with Crippen molar-refractivity contribution in [3.8, 4) is 5.88 Å². The molecule has 19 heavy (non-hydrogen) atoms. The van der Waals surface area contributed by atoms with E-state index in [1.807, 2.05) is 12.1 Å². The van der Waals surface area contributed by atoms with Crippen LogP contribution in [-0.4, -0.2) is 23.3 Å². The van der Waals surface area contributed by atoms with Crippen molar-refractivity contribution in [3.63, 3.8) is 0 Å². The Bertz CT molecular complexity index is 336. The van der Waals surface area contributed by atoms with Crippen LogP contribution in [0.5, 0.6) is 5.88 Å². The van der Waals surface area contributed by atoms with Gasteiger partial charge in [0, 0.05) is 12.6 Å². The van der Waals surface area contributed by atoms with Gasteiger partial charge in [-0.2, -0.15) is 5.10 Å². The summed E-state index contributed by atoms with van der Waals surface area (Å²) in [6.45, 7) is 11.3. The molecule has 0 spiro atoms. The van der Waals surface area contributed by atoms with E-state index < -0.39 is 0 Å². The molecule has 1 rings (SSSR count). The number of nitrogens with one attached hydrogen (secondary N) is 1. The maximum atomic E-state index is 5.56. The number of ether oxygens (including phenoxy) is 1. The lowest BCUT2D eigenvalue weighted by Crippen LogP contribution is -2.19. The molecule has 0 atom stereocenters. The first-order chi connectivity index (χ1) is 9.08. The van der Waals surface area contributed by atoms with E-state index in [1.165, 1.54) is 6.42 Å². The first kappa shape index (κ1) is 15.9. The molecule has 108 valence electrons. The molecule has 4 nitrogen and oxygen atoms in total. The van der Waals surface area contributed by atoms with Crippen LogP contribution in [0.25, 0.3) is 0 Å². The second kappa shape index (κ2) is 8.86. The van der Waals surface area contributed by atoms with E-state index >= 15 is 0 Å². The van der Waals surface area contributed by atoms with Crippen molar-refractivity contribution in [1.29, 1.82) is 0 Å². The molecule has 0 aliphatic carbocycles. The van der Waals surface area contributed by atoms with Crippen LogP contribution in [0.4, 0.5) is 0 Å². The van der Waals surface area contributed by atoms with Crippen LogP contribution in [0.2, 0.25) is 0 Å². The molecule has 0 saturated carbocycles. The fourth-order valence-electron chi connectivity index (χ4n) is 1.68. The van der Waals surface area contributed by atoms with Crippen LogP contribution in [0, 0.1) is 11.8 Å². The van der Waals surface area contributed by atoms with Crippen LogP contribution >= 0.6 is 0 Å². The molecule has 1 aromatic heterocycles. The largest absolute Gasteiger partial charge is 0.477 e. The predicted molar refractivity (Wildman–Crippen MR) is 78.1 cm³/mol. The van der Waals surface area contributed by atoms with Crippen LogP contribution in [0.1, 0.15) is 46.2 Å². The molecule has 0 amide bonds. The smallest absolute Gasteiger partial charge is 0.233 e. The first-order valence-electron chi connectivity index (χ1n) is 7.24. The van der Waals surface area contributed by atoms with Crippen LogP contribution in [0.3, 0.4) is 0 Å². The number of nitrogens with zero attached hydrogens (tertiary/aromatic N) is 2. The highest BCUT2D eigenvalue weighted by Crippen LogP contribution is 2.08. The Morgan fingerprint density at radius 3 is 2.47 bits per heavy atom. The van der Waals surface area contributed by atoms with E-state index in [0.717, 1.165) is 37.7 Å². The van der Waals surface area contributed by atoms with Crippen molar-refractivity contribution >= 4 is 0 Å². The molecule has 0 saturated heterocycles. The van der Waals surface area contributed by atoms with E-state index in [-0.39, 0.29) is 0 Å². The standard InChI is InChI=1S/C15H27N3O/c1-12(2)6-5-9-19-15-8-7-14(17-18-15)11-16-10-13(3)4/h7-8,12-13,16H,5-6,9-11H2,1-4H3. The molecule has 0 aromatic carbocycles. The Kier molecular flexibility index (Phi) is 7.41. The van der Waals surface area contributed by atoms with Gasteiger partial charge in [-0.15, -0.1) is 5.10 Å². The molecule has 0 fully saturated rings.